The number of halogens is 1. The molecule has 2 aromatic rings. The number of aromatic nitrogens is 3. The summed E-state index contributed by atoms with van der Waals surface area (Å²) < 4.78 is 1.79. The predicted molar refractivity (Wildman–Crippen MR) is 73.1 cm³/mol. The van der Waals surface area contributed by atoms with Crippen molar-refractivity contribution >= 4 is 11.6 Å². The van der Waals surface area contributed by atoms with Crippen LogP contribution in [-0.2, 0) is 6.42 Å². The third-order valence-corrected chi connectivity index (χ3v) is 2.62. The summed E-state index contributed by atoms with van der Waals surface area (Å²) in [5.74, 6) is 0.702. The summed E-state index contributed by atoms with van der Waals surface area (Å²) in [5, 5.41) is 17.3. The molecule has 2 rings (SSSR count). The molecule has 0 atom stereocenters. The van der Waals surface area contributed by atoms with Crippen molar-refractivity contribution in [3.05, 3.63) is 54.1 Å². The molecule has 4 nitrogen and oxygen atoms in total. The molecule has 0 saturated heterocycles. The van der Waals surface area contributed by atoms with Gasteiger partial charge in [0.05, 0.1) is 17.3 Å². The normalized spacial score (nSPS) is 9.72. The first-order valence-electron chi connectivity index (χ1n) is 5.48. The fraction of sp³-hybridized carbons (Fsp3) is 0.231. The van der Waals surface area contributed by atoms with Crippen LogP contribution in [0, 0.1) is 6.92 Å². The second-order valence-corrected chi connectivity index (χ2v) is 3.95. The molecule has 0 amide bonds. The van der Waals surface area contributed by atoms with Crippen molar-refractivity contribution in [2.24, 2.45) is 0 Å². The average Bonchev–Trinajstić information content (AvgIpc) is 2.80. The molecule has 0 aliphatic rings. The minimum absolute atomic E-state index is 0.0438. The molecular weight excluding hydrogens is 250 g/mol. The summed E-state index contributed by atoms with van der Waals surface area (Å²) in [4.78, 5) is 0. The zero-order valence-corrected chi connectivity index (χ0v) is 11.1. The number of benzene rings is 1. The Morgan fingerprint density at radius 3 is 2.72 bits per heavy atom. The molecule has 0 radical (unpaired) electrons. The predicted octanol–water partition coefficient (Wildman–Crippen LogP) is 2.57. The van der Waals surface area contributed by atoms with Crippen molar-refractivity contribution in [2.75, 3.05) is 6.61 Å². The molecule has 1 heterocycles. The minimum Gasteiger partial charge on any atom is -0.396 e. The van der Waals surface area contributed by atoms with Crippen molar-refractivity contribution in [1.82, 2.24) is 14.8 Å². The number of aryl methyl sites for hydroxylation is 1. The minimum atomic E-state index is 0.0438. The monoisotopic (exact) mass is 265 g/mol. The molecule has 0 unspecified atom stereocenters. The van der Waals surface area contributed by atoms with Gasteiger partial charge in [-0.25, -0.2) is 0 Å². The summed E-state index contributed by atoms with van der Waals surface area (Å²) in [5.41, 5.74) is 1.94. The standard InChI is InChI=1S/C11H12ClN3O.C2H4/c1-8-2-3-10(9(12)6-8)15-7-13-14-11(15)4-5-16;1-2/h2-3,6-7,16H,4-5H2,1H3;1-2H2. The smallest absolute Gasteiger partial charge is 0.139 e. The summed E-state index contributed by atoms with van der Waals surface area (Å²) in [7, 11) is 0. The van der Waals surface area contributed by atoms with Crippen LogP contribution in [0.5, 0.6) is 0 Å². The summed E-state index contributed by atoms with van der Waals surface area (Å²) in [6.07, 6.45) is 2.06. The molecule has 18 heavy (non-hydrogen) atoms. The molecular formula is C13H16ClN3O. The zero-order chi connectivity index (χ0) is 13.5. The van der Waals surface area contributed by atoms with Crippen molar-refractivity contribution < 1.29 is 5.11 Å². The number of hydrogen-bond donors (Lipinski definition) is 1. The van der Waals surface area contributed by atoms with Crippen LogP contribution in [-0.4, -0.2) is 26.5 Å². The summed E-state index contributed by atoms with van der Waals surface area (Å²) >= 11 is 6.15. The van der Waals surface area contributed by atoms with Crippen LogP contribution >= 0.6 is 11.6 Å². The van der Waals surface area contributed by atoms with Gasteiger partial charge in [-0.2, -0.15) is 0 Å². The summed E-state index contributed by atoms with van der Waals surface area (Å²) in [6, 6.07) is 5.78. The van der Waals surface area contributed by atoms with Crippen LogP contribution in [0.4, 0.5) is 0 Å². The molecule has 0 aliphatic heterocycles. The van der Waals surface area contributed by atoms with E-state index in [0.717, 1.165) is 11.3 Å². The molecule has 0 spiro atoms. The van der Waals surface area contributed by atoms with Gasteiger partial charge in [0.1, 0.15) is 12.2 Å². The fourth-order valence-corrected chi connectivity index (χ4v) is 1.86. The van der Waals surface area contributed by atoms with Gasteiger partial charge in [0.2, 0.25) is 0 Å². The van der Waals surface area contributed by atoms with Crippen LogP contribution in [0.25, 0.3) is 5.69 Å². The third-order valence-electron chi connectivity index (χ3n) is 2.32. The Kier molecular flexibility index (Phi) is 5.55. The molecule has 96 valence electrons. The maximum atomic E-state index is 8.91. The molecule has 0 saturated carbocycles. The SMILES string of the molecule is C=C.Cc1ccc(-n2cnnc2CCO)c(Cl)c1. The molecule has 1 N–H and O–H groups in total. The van der Waals surface area contributed by atoms with Crippen LogP contribution < -0.4 is 0 Å². The molecule has 5 heteroatoms. The molecule has 0 fully saturated rings. The van der Waals surface area contributed by atoms with Gasteiger partial charge in [-0.15, -0.1) is 23.4 Å². The topological polar surface area (TPSA) is 50.9 Å². The van der Waals surface area contributed by atoms with Crippen molar-refractivity contribution in [1.29, 1.82) is 0 Å². The van der Waals surface area contributed by atoms with Crippen molar-refractivity contribution in [2.45, 2.75) is 13.3 Å². The Balaban J connectivity index is 0.000000771. The highest BCUT2D eigenvalue weighted by Crippen LogP contribution is 2.22. The van der Waals surface area contributed by atoms with Gasteiger partial charge in [0.25, 0.3) is 0 Å². The van der Waals surface area contributed by atoms with Crippen molar-refractivity contribution in [3.63, 3.8) is 0 Å². The number of aliphatic hydroxyl groups excluding tert-OH is 1. The van der Waals surface area contributed by atoms with E-state index in [1.807, 2.05) is 25.1 Å². The van der Waals surface area contributed by atoms with Gasteiger partial charge in [-0.05, 0) is 24.6 Å². The maximum absolute atomic E-state index is 8.91. The lowest BCUT2D eigenvalue weighted by atomic mass is 10.2. The first kappa shape index (κ1) is 14.4. The number of hydrogen-bond acceptors (Lipinski definition) is 3. The third kappa shape index (κ3) is 3.18. The number of aliphatic hydroxyl groups is 1. The highest BCUT2D eigenvalue weighted by molar-refractivity contribution is 6.32. The lowest BCUT2D eigenvalue weighted by Crippen LogP contribution is -2.03. The Bertz CT molecular complexity index is 511. The average molecular weight is 266 g/mol. The second kappa shape index (κ2) is 6.93. The van der Waals surface area contributed by atoms with Crippen molar-refractivity contribution in [3.8, 4) is 5.69 Å². The van der Waals surface area contributed by atoms with Gasteiger partial charge in [-0.3, -0.25) is 4.57 Å². The van der Waals surface area contributed by atoms with Crippen LogP contribution in [0.3, 0.4) is 0 Å². The van der Waals surface area contributed by atoms with Gasteiger partial charge in [0, 0.05) is 6.42 Å². The van der Waals surface area contributed by atoms with E-state index in [-0.39, 0.29) is 6.61 Å². The lowest BCUT2D eigenvalue weighted by molar-refractivity contribution is 0.296. The zero-order valence-electron chi connectivity index (χ0n) is 10.3. The Morgan fingerprint density at radius 1 is 1.39 bits per heavy atom. The van der Waals surface area contributed by atoms with Crippen LogP contribution in [0.1, 0.15) is 11.4 Å². The van der Waals surface area contributed by atoms with Gasteiger partial charge < -0.3 is 5.11 Å². The van der Waals surface area contributed by atoms with E-state index >= 15 is 0 Å². The van der Waals surface area contributed by atoms with E-state index < -0.39 is 0 Å². The molecule has 1 aromatic heterocycles. The van der Waals surface area contributed by atoms with Crippen LogP contribution in [0.2, 0.25) is 5.02 Å². The second-order valence-electron chi connectivity index (χ2n) is 3.55. The van der Waals surface area contributed by atoms with E-state index in [9.17, 15) is 0 Å². The molecule has 0 bridgehead atoms. The number of rotatable bonds is 3. The number of nitrogens with zero attached hydrogens (tertiary/aromatic N) is 3. The summed E-state index contributed by atoms with van der Waals surface area (Å²) in [6.45, 7) is 8.03. The van der Waals surface area contributed by atoms with E-state index in [4.69, 9.17) is 16.7 Å². The van der Waals surface area contributed by atoms with E-state index in [2.05, 4.69) is 23.4 Å². The molecule has 1 aromatic carbocycles. The van der Waals surface area contributed by atoms with E-state index in [0.29, 0.717) is 17.3 Å². The largest absolute Gasteiger partial charge is 0.396 e. The Hall–Kier alpha value is -1.65. The highest BCUT2D eigenvalue weighted by Gasteiger charge is 2.08. The van der Waals surface area contributed by atoms with Gasteiger partial charge in [-0.1, -0.05) is 17.7 Å². The van der Waals surface area contributed by atoms with E-state index in [1.54, 1.807) is 10.9 Å². The Labute approximate surface area is 112 Å². The fourth-order valence-electron chi connectivity index (χ4n) is 1.54. The van der Waals surface area contributed by atoms with E-state index in [1.165, 1.54) is 0 Å². The van der Waals surface area contributed by atoms with Gasteiger partial charge in [0.15, 0.2) is 0 Å². The molecule has 0 aliphatic carbocycles. The highest BCUT2D eigenvalue weighted by atomic mass is 35.5. The Morgan fingerprint density at radius 2 is 2.11 bits per heavy atom. The first-order valence-corrected chi connectivity index (χ1v) is 5.86. The first-order chi connectivity index (χ1) is 8.72. The van der Waals surface area contributed by atoms with Gasteiger partial charge >= 0.3 is 0 Å². The van der Waals surface area contributed by atoms with Crippen LogP contribution in [0.15, 0.2) is 37.7 Å². The lowest BCUT2D eigenvalue weighted by Gasteiger charge is -2.08. The maximum Gasteiger partial charge on any atom is 0.139 e. The quantitative estimate of drug-likeness (QED) is 0.868.